The lowest BCUT2D eigenvalue weighted by Gasteiger charge is -2.18. The molecule has 0 saturated carbocycles. The molecule has 112 valence electrons. The molecule has 1 atom stereocenters. The quantitative estimate of drug-likeness (QED) is 0.847. The molecule has 1 N–H and O–H groups in total. The summed E-state index contributed by atoms with van der Waals surface area (Å²) in [5.41, 5.74) is 2.18. The van der Waals surface area contributed by atoms with Gasteiger partial charge in [-0.2, -0.15) is 0 Å². The van der Waals surface area contributed by atoms with Crippen molar-refractivity contribution in [2.45, 2.75) is 19.3 Å². The van der Waals surface area contributed by atoms with Crippen molar-refractivity contribution >= 4 is 0 Å². The molecule has 0 aliphatic heterocycles. The molecule has 0 aliphatic rings. The molecule has 0 amide bonds. The van der Waals surface area contributed by atoms with Gasteiger partial charge >= 0.3 is 0 Å². The van der Waals surface area contributed by atoms with Gasteiger partial charge in [0, 0.05) is 5.92 Å². The van der Waals surface area contributed by atoms with E-state index in [-0.39, 0.29) is 12.5 Å². The monoisotopic (exact) mass is 286 g/mol. The SMILES string of the molecule is CCOc1cccc(CC(CO)c2ccccc2OC)c1. The van der Waals surface area contributed by atoms with Gasteiger partial charge in [-0.1, -0.05) is 30.3 Å². The zero-order valence-corrected chi connectivity index (χ0v) is 12.6. The number of methoxy groups -OCH3 is 1. The van der Waals surface area contributed by atoms with Crippen LogP contribution in [0.25, 0.3) is 0 Å². The molecule has 21 heavy (non-hydrogen) atoms. The van der Waals surface area contributed by atoms with E-state index in [9.17, 15) is 5.11 Å². The minimum absolute atomic E-state index is 0.0121. The van der Waals surface area contributed by atoms with Gasteiger partial charge in [0.1, 0.15) is 11.5 Å². The second kappa shape index (κ2) is 7.70. The summed E-state index contributed by atoms with van der Waals surface area (Å²) in [4.78, 5) is 0. The Bertz CT molecular complexity index is 566. The molecular weight excluding hydrogens is 264 g/mol. The van der Waals surface area contributed by atoms with Crippen LogP contribution in [0.5, 0.6) is 11.5 Å². The summed E-state index contributed by atoms with van der Waals surface area (Å²) in [6, 6.07) is 15.9. The first-order chi connectivity index (χ1) is 10.3. The molecule has 2 aromatic carbocycles. The smallest absolute Gasteiger partial charge is 0.122 e. The van der Waals surface area contributed by atoms with E-state index >= 15 is 0 Å². The lowest BCUT2D eigenvalue weighted by atomic mass is 9.92. The van der Waals surface area contributed by atoms with Crippen molar-refractivity contribution in [3.63, 3.8) is 0 Å². The second-order valence-corrected chi connectivity index (χ2v) is 4.91. The standard InChI is InChI=1S/C18H22O3/c1-3-21-16-8-6-7-14(12-16)11-15(13-19)17-9-4-5-10-18(17)20-2/h4-10,12,15,19H,3,11,13H2,1-2H3. The van der Waals surface area contributed by atoms with E-state index in [1.54, 1.807) is 7.11 Å². The average Bonchev–Trinajstić information content (AvgIpc) is 2.53. The lowest BCUT2D eigenvalue weighted by molar-refractivity contribution is 0.261. The Morgan fingerprint density at radius 2 is 1.90 bits per heavy atom. The Kier molecular flexibility index (Phi) is 5.64. The number of rotatable bonds is 7. The Morgan fingerprint density at radius 1 is 1.10 bits per heavy atom. The summed E-state index contributed by atoms with van der Waals surface area (Å²) < 4.78 is 10.9. The van der Waals surface area contributed by atoms with Gasteiger partial charge in [0.05, 0.1) is 20.3 Å². The largest absolute Gasteiger partial charge is 0.496 e. The molecule has 0 fully saturated rings. The molecule has 0 spiro atoms. The van der Waals surface area contributed by atoms with Crippen LogP contribution in [0.3, 0.4) is 0 Å². The van der Waals surface area contributed by atoms with Crippen LogP contribution in [0.15, 0.2) is 48.5 Å². The van der Waals surface area contributed by atoms with Crippen LogP contribution in [0.4, 0.5) is 0 Å². The van der Waals surface area contributed by atoms with E-state index in [2.05, 4.69) is 6.07 Å². The molecule has 3 heteroatoms. The normalized spacial score (nSPS) is 12.0. The number of hydrogen-bond donors (Lipinski definition) is 1. The highest BCUT2D eigenvalue weighted by atomic mass is 16.5. The number of aliphatic hydroxyl groups excluding tert-OH is 1. The van der Waals surface area contributed by atoms with Crippen LogP contribution in [-0.4, -0.2) is 25.4 Å². The first-order valence-electron chi connectivity index (χ1n) is 7.24. The predicted molar refractivity (Wildman–Crippen MR) is 84.1 cm³/mol. The van der Waals surface area contributed by atoms with E-state index in [4.69, 9.17) is 9.47 Å². The Labute approximate surface area is 126 Å². The highest BCUT2D eigenvalue weighted by Crippen LogP contribution is 2.29. The molecule has 2 rings (SSSR count). The van der Waals surface area contributed by atoms with Crippen molar-refractivity contribution in [3.8, 4) is 11.5 Å². The second-order valence-electron chi connectivity index (χ2n) is 4.91. The summed E-state index contributed by atoms with van der Waals surface area (Å²) in [5, 5.41) is 9.75. The number of hydrogen-bond acceptors (Lipinski definition) is 3. The van der Waals surface area contributed by atoms with E-state index in [1.807, 2.05) is 49.4 Å². The van der Waals surface area contributed by atoms with Crippen molar-refractivity contribution in [1.29, 1.82) is 0 Å². The van der Waals surface area contributed by atoms with Gasteiger partial charge in [-0.25, -0.2) is 0 Å². The van der Waals surface area contributed by atoms with Crippen molar-refractivity contribution in [3.05, 3.63) is 59.7 Å². The Hall–Kier alpha value is -2.00. The predicted octanol–water partition coefficient (Wildman–Crippen LogP) is 3.41. The summed E-state index contributed by atoms with van der Waals surface area (Å²) in [5.74, 6) is 1.70. The highest BCUT2D eigenvalue weighted by molar-refractivity contribution is 5.38. The summed E-state index contributed by atoms with van der Waals surface area (Å²) in [6.45, 7) is 2.71. The number of para-hydroxylation sites is 1. The van der Waals surface area contributed by atoms with Crippen molar-refractivity contribution in [2.24, 2.45) is 0 Å². The molecule has 3 nitrogen and oxygen atoms in total. The maximum absolute atomic E-state index is 9.75. The molecule has 0 heterocycles. The first kappa shape index (κ1) is 15.4. The van der Waals surface area contributed by atoms with Crippen LogP contribution >= 0.6 is 0 Å². The van der Waals surface area contributed by atoms with Crippen molar-refractivity contribution in [1.82, 2.24) is 0 Å². The maximum atomic E-state index is 9.75. The van der Waals surface area contributed by atoms with Crippen LogP contribution in [0.1, 0.15) is 24.0 Å². The Morgan fingerprint density at radius 3 is 2.62 bits per heavy atom. The molecular formula is C18H22O3. The first-order valence-corrected chi connectivity index (χ1v) is 7.24. The third kappa shape index (κ3) is 3.99. The fourth-order valence-corrected chi connectivity index (χ4v) is 2.49. The summed E-state index contributed by atoms with van der Waals surface area (Å²) in [7, 11) is 1.66. The molecule has 1 unspecified atom stereocenters. The van der Waals surface area contributed by atoms with E-state index in [1.165, 1.54) is 0 Å². The highest BCUT2D eigenvalue weighted by Gasteiger charge is 2.16. The lowest BCUT2D eigenvalue weighted by Crippen LogP contribution is -2.09. The van der Waals surface area contributed by atoms with Crippen LogP contribution in [0.2, 0.25) is 0 Å². The zero-order chi connectivity index (χ0) is 15.1. The Balaban J connectivity index is 2.20. The van der Waals surface area contributed by atoms with Crippen molar-refractivity contribution in [2.75, 3.05) is 20.3 Å². The van der Waals surface area contributed by atoms with Gasteiger partial charge in [0.15, 0.2) is 0 Å². The summed E-state index contributed by atoms with van der Waals surface area (Å²) in [6.07, 6.45) is 0.748. The third-order valence-electron chi connectivity index (χ3n) is 3.49. The zero-order valence-electron chi connectivity index (χ0n) is 12.6. The topological polar surface area (TPSA) is 38.7 Å². The minimum Gasteiger partial charge on any atom is -0.496 e. The third-order valence-corrected chi connectivity index (χ3v) is 3.49. The number of benzene rings is 2. The summed E-state index contributed by atoms with van der Waals surface area (Å²) >= 11 is 0. The van der Waals surface area contributed by atoms with E-state index < -0.39 is 0 Å². The number of aliphatic hydroxyl groups is 1. The van der Waals surface area contributed by atoms with Crippen LogP contribution in [-0.2, 0) is 6.42 Å². The van der Waals surface area contributed by atoms with E-state index in [0.29, 0.717) is 6.61 Å². The number of ether oxygens (including phenoxy) is 2. The molecule has 0 bridgehead atoms. The van der Waals surface area contributed by atoms with Crippen molar-refractivity contribution < 1.29 is 14.6 Å². The van der Waals surface area contributed by atoms with Gasteiger partial charge in [-0.15, -0.1) is 0 Å². The minimum atomic E-state index is 0.0121. The van der Waals surface area contributed by atoms with Gasteiger partial charge in [-0.05, 0) is 42.7 Å². The fourth-order valence-electron chi connectivity index (χ4n) is 2.49. The maximum Gasteiger partial charge on any atom is 0.122 e. The molecule has 0 radical (unpaired) electrons. The van der Waals surface area contributed by atoms with Crippen LogP contribution in [0, 0.1) is 0 Å². The molecule has 0 aromatic heterocycles. The molecule has 2 aromatic rings. The van der Waals surface area contributed by atoms with Gasteiger partial charge in [0.25, 0.3) is 0 Å². The van der Waals surface area contributed by atoms with Crippen LogP contribution < -0.4 is 9.47 Å². The average molecular weight is 286 g/mol. The van der Waals surface area contributed by atoms with E-state index in [0.717, 1.165) is 29.0 Å². The molecule has 0 aliphatic carbocycles. The fraction of sp³-hybridized carbons (Fsp3) is 0.333. The molecule has 0 saturated heterocycles. The van der Waals surface area contributed by atoms with Gasteiger partial charge in [-0.3, -0.25) is 0 Å². The van der Waals surface area contributed by atoms with Gasteiger partial charge < -0.3 is 14.6 Å². The van der Waals surface area contributed by atoms with Gasteiger partial charge in [0.2, 0.25) is 0 Å².